The van der Waals surface area contributed by atoms with Crippen LogP contribution in [0.3, 0.4) is 0 Å². The lowest BCUT2D eigenvalue weighted by Crippen LogP contribution is -2.61. The Morgan fingerprint density at radius 3 is 2.27 bits per heavy atom. The molecule has 22 heavy (non-hydrogen) atoms. The van der Waals surface area contributed by atoms with E-state index in [1.165, 1.54) is 0 Å². The molecular weight excluding hydrogens is 297 g/mol. The summed E-state index contributed by atoms with van der Waals surface area (Å²) in [4.78, 5) is 0. The lowest BCUT2D eigenvalue weighted by molar-refractivity contribution is -0.410. The summed E-state index contributed by atoms with van der Waals surface area (Å²) >= 11 is 0. The minimum atomic E-state index is -4.87. The van der Waals surface area contributed by atoms with Gasteiger partial charge in [0.2, 0.25) is 0 Å². The molecule has 3 saturated carbocycles. The quantitative estimate of drug-likeness (QED) is 0.531. The minimum Gasteiger partial charge on any atom is -0.393 e. The lowest BCUT2D eigenvalue weighted by Gasteiger charge is -2.50. The number of rotatable bonds is 0. The Hall–Kier alpha value is -0.590. The summed E-state index contributed by atoms with van der Waals surface area (Å²) in [5.41, 5.74) is 0. The summed E-state index contributed by atoms with van der Waals surface area (Å²) in [5, 5.41) is 20.2. The van der Waals surface area contributed by atoms with Gasteiger partial charge in [0.15, 0.2) is 0 Å². The highest BCUT2D eigenvalue weighted by Crippen LogP contribution is 2.69. The van der Waals surface area contributed by atoms with Gasteiger partial charge in [0, 0.05) is 12.3 Å². The molecule has 0 amide bonds. The van der Waals surface area contributed by atoms with Crippen molar-refractivity contribution in [3.05, 3.63) is 12.2 Å². The third-order valence-corrected chi connectivity index (χ3v) is 7.12. The summed E-state index contributed by atoms with van der Waals surface area (Å²) in [6.45, 7) is 0. The van der Waals surface area contributed by atoms with E-state index in [0.29, 0.717) is 23.7 Å². The molecular formula is C16H19F3O3. The molecule has 0 spiro atoms. The van der Waals surface area contributed by atoms with Crippen molar-refractivity contribution in [1.29, 1.82) is 0 Å². The first-order valence-corrected chi connectivity index (χ1v) is 8.13. The first-order valence-electron chi connectivity index (χ1n) is 8.13. The molecule has 0 aromatic carbocycles. The smallest absolute Gasteiger partial charge is 0.393 e. The molecule has 1 aliphatic heterocycles. The zero-order valence-corrected chi connectivity index (χ0v) is 11.9. The van der Waals surface area contributed by atoms with E-state index in [4.69, 9.17) is 4.74 Å². The van der Waals surface area contributed by atoms with Gasteiger partial charge in [-0.2, -0.15) is 13.2 Å². The molecule has 1 heterocycles. The third kappa shape index (κ3) is 1.45. The van der Waals surface area contributed by atoms with Crippen LogP contribution in [0.1, 0.15) is 19.3 Å². The van der Waals surface area contributed by atoms with Crippen molar-refractivity contribution in [3.63, 3.8) is 0 Å². The number of halogens is 3. The molecule has 4 aliphatic carbocycles. The maximum Gasteiger partial charge on any atom is 0.443 e. The predicted octanol–water partition coefficient (Wildman–Crippen LogP) is 2.09. The summed E-state index contributed by atoms with van der Waals surface area (Å²) in [7, 11) is 0. The van der Waals surface area contributed by atoms with Crippen molar-refractivity contribution < 1.29 is 28.1 Å². The van der Waals surface area contributed by atoms with Crippen LogP contribution in [0.2, 0.25) is 0 Å². The number of allylic oxidation sites excluding steroid dienone is 2. The number of ether oxygens (including phenoxy) is 1. The number of hydrogen-bond donors (Lipinski definition) is 2. The summed E-state index contributed by atoms with van der Waals surface area (Å²) in [6.07, 6.45) is -1.03. The van der Waals surface area contributed by atoms with E-state index in [-0.39, 0.29) is 17.8 Å². The first-order chi connectivity index (χ1) is 10.3. The van der Waals surface area contributed by atoms with Gasteiger partial charge in [-0.1, -0.05) is 12.2 Å². The number of aliphatic hydroxyl groups is 2. The maximum atomic E-state index is 13.1. The average Bonchev–Trinajstić information content (AvgIpc) is 3.14. The van der Waals surface area contributed by atoms with Crippen LogP contribution >= 0.6 is 0 Å². The van der Waals surface area contributed by atoms with Crippen molar-refractivity contribution in [2.45, 2.75) is 43.4 Å². The molecule has 5 rings (SSSR count). The Labute approximate surface area is 126 Å². The number of hydrogen-bond acceptors (Lipinski definition) is 3. The molecule has 122 valence electrons. The van der Waals surface area contributed by atoms with E-state index >= 15 is 0 Å². The monoisotopic (exact) mass is 316 g/mol. The van der Waals surface area contributed by atoms with Gasteiger partial charge in [0.1, 0.15) is 0 Å². The summed E-state index contributed by atoms with van der Waals surface area (Å²) < 4.78 is 44.6. The van der Waals surface area contributed by atoms with E-state index < -0.39 is 30.6 Å². The molecule has 0 aromatic rings. The number of fused-ring (bicyclic) bond motifs is 12. The summed E-state index contributed by atoms with van der Waals surface area (Å²) in [6, 6.07) is 0. The van der Waals surface area contributed by atoms with Crippen LogP contribution in [0.4, 0.5) is 13.2 Å². The molecule has 0 radical (unpaired) electrons. The zero-order valence-electron chi connectivity index (χ0n) is 11.9. The van der Waals surface area contributed by atoms with Gasteiger partial charge >= 0.3 is 6.18 Å². The Morgan fingerprint density at radius 2 is 1.64 bits per heavy atom. The van der Waals surface area contributed by atoms with Crippen LogP contribution < -0.4 is 0 Å². The van der Waals surface area contributed by atoms with Crippen LogP contribution in [0, 0.1) is 41.4 Å². The lowest BCUT2D eigenvalue weighted by atomic mass is 9.65. The van der Waals surface area contributed by atoms with E-state index in [0.717, 1.165) is 12.8 Å². The van der Waals surface area contributed by atoms with Crippen LogP contribution in [-0.4, -0.2) is 34.4 Å². The Balaban J connectivity index is 1.50. The SMILES string of the molecule is OC1CC(O)(C(F)(F)F)OC2C3CC(C12)C1C2C=CC(C2)C31. The zero-order chi connectivity index (χ0) is 15.4. The number of alkyl halides is 3. The predicted molar refractivity (Wildman–Crippen MR) is 69.3 cm³/mol. The molecule has 4 fully saturated rings. The summed E-state index contributed by atoms with van der Waals surface area (Å²) in [5.74, 6) is -1.30. The molecule has 10 atom stereocenters. The van der Waals surface area contributed by atoms with Gasteiger partial charge in [-0.25, -0.2) is 0 Å². The largest absolute Gasteiger partial charge is 0.443 e. The molecule has 0 aromatic heterocycles. The second-order valence-electron chi connectivity index (χ2n) is 7.88. The maximum absolute atomic E-state index is 13.1. The van der Waals surface area contributed by atoms with Crippen LogP contribution in [-0.2, 0) is 4.74 Å². The van der Waals surface area contributed by atoms with E-state index in [1.807, 2.05) is 0 Å². The highest BCUT2D eigenvalue weighted by molar-refractivity contribution is 5.23. The Bertz CT molecular complexity index is 547. The molecule has 10 unspecified atom stereocenters. The van der Waals surface area contributed by atoms with Crippen molar-refractivity contribution >= 4 is 0 Å². The average molecular weight is 316 g/mol. The van der Waals surface area contributed by atoms with Crippen molar-refractivity contribution in [3.8, 4) is 0 Å². The highest BCUT2D eigenvalue weighted by Gasteiger charge is 2.71. The van der Waals surface area contributed by atoms with Crippen molar-refractivity contribution in [2.24, 2.45) is 41.4 Å². The van der Waals surface area contributed by atoms with Crippen molar-refractivity contribution in [2.75, 3.05) is 0 Å². The van der Waals surface area contributed by atoms with Gasteiger partial charge < -0.3 is 14.9 Å². The fraction of sp³-hybridized carbons (Fsp3) is 0.875. The van der Waals surface area contributed by atoms with Crippen molar-refractivity contribution in [1.82, 2.24) is 0 Å². The molecule has 4 bridgehead atoms. The highest BCUT2D eigenvalue weighted by atomic mass is 19.4. The van der Waals surface area contributed by atoms with Gasteiger partial charge in [-0.3, -0.25) is 0 Å². The fourth-order valence-electron chi connectivity index (χ4n) is 6.57. The normalized spacial score (nSPS) is 61.6. The van der Waals surface area contributed by atoms with Gasteiger partial charge in [-0.15, -0.1) is 0 Å². The van der Waals surface area contributed by atoms with E-state index in [1.54, 1.807) is 0 Å². The Kier molecular flexibility index (Phi) is 2.45. The van der Waals surface area contributed by atoms with Gasteiger partial charge in [0.25, 0.3) is 5.79 Å². The van der Waals surface area contributed by atoms with Gasteiger partial charge in [-0.05, 0) is 48.3 Å². The molecule has 5 aliphatic rings. The third-order valence-electron chi connectivity index (χ3n) is 7.12. The molecule has 6 heteroatoms. The second-order valence-corrected chi connectivity index (χ2v) is 7.88. The standard InChI is InChI=1S/C16H19F3O3/c17-16(18,19)15(21)5-10(20)13-8-4-9(14(13)22-15)12-7-2-1-6(3-7)11(8)12/h1-2,6-14,20-21H,3-5H2. The first kappa shape index (κ1) is 13.8. The molecule has 2 N–H and O–H groups in total. The van der Waals surface area contributed by atoms with Crippen LogP contribution in [0.5, 0.6) is 0 Å². The van der Waals surface area contributed by atoms with Crippen LogP contribution in [0.15, 0.2) is 12.2 Å². The van der Waals surface area contributed by atoms with E-state index in [2.05, 4.69) is 12.2 Å². The molecule has 3 nitrogen and oxygen atoms in total. The van der Waals surface area contributed by atoms with E-state index in [9.17, 15) is 23.4 Å². The topological polar surface area (TPSA) is 49.7 Å². The fourth-order valence-corrected chi connectivity index (χ4v) is 6.57. The van der Waals surface area contributed by atoms with Gasteiger partial charge in [0.05, 0.1) is 12.2 Å². The Morgan fingerprint density at radius 1 is 1.00 bits per heavy atom. The number of aliphatic hydroxyl groups excluding tert-OH is 1. The molecule has 1 saturated heterocycles. The second kappa shape index (κ2) is 3.90. The van der Waals surface area contributed by atoms with Crippen LogP contribution in [0.25, 0.3) is 0 Å². The minimum absolute atomic E-state index is 0.0452.